The second-order valence-corrected chi connectivity index (χ2v) is 5.18. The highest BCUT2D eigenvalue weighted by Gasteiger charge is 2.13. The Morgan fingerprint density at radius 1 is 1.37 bits per heavy atom. The van der Waals surface area contributed by atoms with E-state index in [0.29, 0.717) is 30.2 Å². The molecule has 0 spiro atoms. The molecule has 108 valence electrons. The van der Waals surface area contributed by atoms with Crippen LogP contribution in [0.1, 0.15) is 24.9 Å². The molecule has 0 aromatic heterocycles. The van der Waals surface area contributed by atoms with Crippen LogP contribution in [0.15, 0.2) is 12.1 Å². The molecule has 1 aromatic rings. The van der Waals surface area contributed by atoms with Crippen LogP contribution in [-0.4, -0.2) is 31.5 Å². The van der Waals surface area contributed by atoms with Gasteiger partial charge >= 0.3 is 0 Å². The van der Waals surface area contributed by atoms with Gasteiger partial charge in [0.2, 0.25) is 0 Å². The average Bonchev–Trinajstić information content (AvgIpc) is 2.34. The summed E-state index contributed by atoms with van der Waals surface area (Å²) < 4.78 is 18.2. The van der Waals surface area contributed by atoms with Crippen LogP contribution >= 0.6 is 23.2 Å². The Balaban J connectivity index is 2.54. The van der Waals surface area contributed by atoms with Crippen LogP contribution in [0, 0.1) is 5.82 Å². The Hall–Kier alpha value is -0.390. The van der Waals surface area contributed by atoms with Crippen molar-refractivity contribution in [2.75, 3.05) is 20.3 Å². The molecule has 19 heavy (non-hydrogen) atoms. The van der Waals surface area contributed by atoms with E-state index in [1.807, 2.05) is 6.92 Å². The molecule has 3 nitrogen and oxygen atoms in total. The number of rotatable bonds is 7. The molecule has 0 amide bonds. The molecule has 2 N–H and O–H groups in total. The summed E-state index contributed by atoms with van der Waals surface area (Å²) in [6.07, 6.45) is 0.0356. The van der Waals surface area contributed by atoms with Crippen LogP contribution in [0.3, 0.4) is 0 Å². The van der Waals surface area contributed by atoms with E-state index in [9.17, 15) is 9.50 Å². The lowest BCUT2D eigenvalue weighted by molar-refractivity contribution is 0.0590. The Morgan fingerprint density at radius 2 is 2.05 bits per heavy atom. The normalized spacial score (nSPS) is 14.4. The summed E-state index contributed by atoms with van der Waals surface area (Å²) in [5.74, 6) is -0.492. The lowest BCUT2D eigenvalue weighted by atomic mass is 10.1. The third-order valence-electron chi connectivity index (χ3n) is 2.79. The van der Waals surface area contributed by atoms with Crippen molar-refractivity contribution in [3.63, 3.8) is 0 Å². The van der Waals surface area contributed by atoms with Crippen molar-refractivity contribution in [1.29, 1.82) is 0 Å². The van der Waals surface area contributed by atoms with Crippen LogP contribution in [0.5, 0.6) is 0 Å². The number of hydrogen-bond donors (Lipinski definition) is 2. The van der Waals surface area contributed by atoms with Crippen LogP contribution < -0.4 is 5.32 Å². The maximum absolute atomic E-state index is 13.4. The first-order valence-electron chi connectivity index (χ1n) is 6.00. The van der Waals surface area contributed by atoms with Crippen molar-refractivity contribution in [1.82, 2.24) is 5.32 Å². The highest BCUT2D eigenvalue weighted by molar-refractivity contribution is 6.35. The first kappa shape index (κ1) is 16.7. The zero-order chi connectivity index (χ0) is 14.4. The number of aliphatic hydroxyl groups excluding tert-OH is 1. The van der Waals surface area contributed by atoms with E-state index in [1.54, 1.807) is 0 Å². The summed E-state index contributed by atoms with van der Waals surface area (Å²) in [7, 11) is 1.54. The molecule has 0 radical (unpaired) electrons. The van der Waals surface area contributed by atoms with Crippen LogP contribution in [0.2, 0.25) is 10.0 Å². The predicted octanol–water partition coefficient (Wildman–Crippen LogP) is 3.18. The van der Waals surface area contributed by atoms with Gasteiger partial charge in [-0.2, -0.15) is 0 Å². The van der Waals surface area contributed by atoms with E-state index in [2.05, 4.69) is 5.32 Å². The SMILES string of the molecule is COCC(O)CCNC(C)c1cc(F)c(Cl)cc1Cl. The van der Waals surface area contributed by atoms with Crippen molar-refractivity contribution in [3.8, 4) is 0 Å². The highest BCUT2D eigenvalue weighted by Crippen LogP contribution is 2.28. The summed E-state index contributed by atoms with van der Waals surface area (Å²) in [4.78, 5) is 0. The van der Waals surface area contributed by atoms with Gasteiger partial charge < -0.3 is 15.2 Å². The summed E-state index contributed by atoms with van der Waals surface area (Å²) in [5.41, 5.74) is 0.643. The number of ether oxygens (including phenoxy) is 1. The zero-order valence-corrected chi connectivity index (χ0v) is 12.4. The van der Waals surface area contributed by atoms with E-state index < -0.39 is 11.9 Å². The third-order valence-corrected chi connectivity index (χ3v) is 3.41. The van der Waals surface area contributed by atoms with Crippen molar-refractivity contribution in [2.24, 2.45) is 0 Å². The smallest absolute Gasteiger partial charge is 0.142 e. The Kier molecular flexibility index (Phi) is 7.04. The molecule has 0 heterocycles. The molecular formula is C13H18Cl2FNO2. The van der Waals surface area contributed by atoms with Crippen molar-refractivity contribution < 1.29 is 14.2 Å². The molecule has 0 aliphatic rings. The minimum atomic E-state index is -0.512. The monoisotopic (exact) mass is 309 g/mol. The van der Waals surface area contributed by atoms with Crippen molar-refractivity contribution in [3.05, 3.63) is 33.6 Å². The van der Waals surface area contributed by atoms with Gasteiger partial charge in [0.25, 0.3) is 0 Å². The zero-order valence-electron chi connectivity index (χ0n) is 10.9. The predicted molar refractivity (Wildman–Crippen MR) is 75.3 cm³/mol. The lowest BCUT2D eigenvalue weighted by Gasteiger charge is -2.17. The van der Waals surface area contributed by atoms with Gasteiger partial charge in [-0.05, 0) is 37.6 Å². The number of halogens is 3. The molecule has 0 saturated heterocycles. The summed E-state index contributed by atoms with van der Waals surface area (Å²) in [6, 6.07) is 2.59. The summed E-state index contributed by atoms with van der Waals surface area (Å²) in [5, 5.41) is 13.1. The molecule has 0 bridgehead atoms. The van der Waals surface area contributed by atoms with Gasteiger partial charge in [-0.3, -0.25) is 0 Å². The fourth-order valence-electron chi connectivity index (χ4n) is 1.72. The number of benzene rings is 1. The van der Waals surface area contributed by atoms with E-state index >= 15 is 0 Å². The molecule has 0 saturated carbocycles. The largest absolute Gasteiger partial charge is 0.391 e. The highest BCUT2D eigenvalue weighted by atomic mass is 35.5. The molecule has 0 aliphatic heterocycles. The second kappa shape index (κ2) is 8.02. The maximum atomic E-state index is 13.4. The molecule has 0 aliphatic carbocycles. The van der Waals surface area contributed by atoms with Gasteiger partial charge in [0.1, 0.15) is 5.82 Å². The number of methoxy groups -OCH3 is 1. The standard InChI is InChI=1S/C13H18Cl2FNO2/c1-8(17-4-3-9(18)7-19-2)10-5-13(16)12(15)6-11(10)14/h5-6,8-9,17-18H,3-4,7H2,1-2H3. The van der Waals surface area contributed by atoms with E-state index in [4.69, 9.17) is 27.9 Å². The van der Waals surface area contributed by atoms with E-state index in [0.717, 1.165) is 0 Å². The Bertz CT molecular complexity index is 418. The number of hydrogen-bond acceptors (Lipinski definition) is 3. The maximum Gasteiger partial charge on any atom is 0.142 e. The van der Waals surface area contributed by atoms with Crippen molar-refractivity contribution in [2.45, 2.75) is 25.5 Å². The van der Waals surface area contributed by atoms with Gasteiger partial charge in [0, 0.05) is 18.2 Å². The Morgan fingerprint density at radius 3 is 2.68 bits per heavy atom. The van der Waals surface area contributed by atoms with Gasteiger partial charge in [0.15, 0.2) is 0 Å². The minimum Gasteiger partial charge on any atom is -0.391 e. The lowest BCUT2D eigenvalue weighted by Crippen LogP contribution is -2.25. The van der Waals surface area contributed by atoms with Crippen molar-refractivity contribution >= 4 is 23.2 Å². The van der Waals surface area contributed by atoms with Gasteiger partial charge in [0.05, 0.1) is 17.7 Å². The Labute approximate surface area is 122 Å². The molecule has 2 unspecified atom stereocenters. The van der Waals surface area contributed by atoms with Gasteiger partial charge in [-0.15, -0.1) is 0 Å². The fourth-order valence-corrected chi connectivity index (χ4v) is 2.27. The first-order chi connectivity index (χ1) is 8.95. The first-order valence-corrected chi connectivity index (χ1v) is 6.76. The topological polar surface area (TPSA) is 41.5 Å². The van der Waals surface area contributed by atoms with Crippen LogP contribution in [0.4, 0.5) is 4.39 Å². The van der Waals surface area contributed by atoms with Gasteiger partial charge in [-0.1, -0.05) is 23.2 Å². The van der Waals surface area contributed by atoms with E-state index in [-0.39, 0.29) is 11.1 Å². The minimum absolute atomic E-state index is 0.0106. The third kappa shape index (κ3) is 5.24. The van der Waals surface area contributed by atoms with E-state index in [1.165, 1.54) is 19.2 Å². The molecule has 2 atom stereocenters. The molecule has 0 fully saturated rings. The summed E-state index contributed by atoms with van der Waals surface area (Å²) >= 11 is 11.7. The summed E-state index contributed by atoms with van der Waals surface area (Å²) in [6.45, 7) is 2.75. The van der Waals surface area contributed by atoms with Crippen LogP contribution in [0.25, 0.3) is 0 Å². The molecule has 1 aromatic carbocycles. The fraction of sp³-hybridized carbons (Fsp3) is 0.538. The van der Waals surface area contributed by atoms with Gasteiger partial charge in [-0.25, -0.2) is 4.39 Å². The van der Waals surface area contributed by atoms with Crippen LogP contribution in [-0.2, 0) is 4.74 Å². The second-order valence-electron chi connectivity index (χ2n) is 4.36. The molecular weight excluding hydrogens is 292 g/mol. The quantitative estimate of drug-likeness (QED) is 0.760. The molecule has 6 heteroatoms. The number of aliphatic hydroxyl groups is 1. The molecule has 1 rings (SSSR count). The number of nitrogens with one attached hydrogen (secondary N) is 1. The average molecular weight is 310 g/mol.